The highest BCUT2D eigenvalue weighted by Crippen LogP contribution is 2.27. The molecule has 0 aromatic rings. The van der Waals surface area contributed by atoms with Gasteiger partial charge in [0.1, 0.15) is 0 Å². The van der Waals surface area contributed by atoms with E-state index in [9.17, 15) is 29.4 Å². The lowest BCUT2D eigenvalue weighted by molar-refractivity contribution is -0.141. The van der Waals surface area contributed by atoms with Crippen LogP contribution >= 0.6 is 0 Å². The van der Waals surface area contributed by atoms with Crippen LogP contribution in [0.3, 0.4) is 0 Å². The third kappa shape index (κ3) is 20.4. The number of carbonyl (C=O) groups excluding carboxylic acids is 2. The standard InChI is InChI=1S/C30H60N4O7Si2/c1-21(20-31)17-24(4)34-30(40)26(19-28(37)38)12-10-16-43(7,8)41-42(5,6)15-9-11-25(18-27(35)36)29(39)33-23(3)14-13-22(2)32/h20,22-26H,9-19,31-32H2,1-8H3,(H,33,39)(H,34,40)(H,35,36)(H,37,38). The first kappa shape index (κ1) is 40.8. The number of nitrogens with one attached hydrogen (secondary N) is 2. The second-order valence-electron chi connectivity index (χ2n) is 13.6. The van der Waals surface area contributed by atoms with E-state index in [4.69, 9.17) is 15.6 Å². The van der Waals surface area contributed by atoms with Gasteiger partial charge in [0.2, 0.25) is 11.8 Å². The van der Waals surface area contributed by atoms with E-state index in [0.29, 0.717) is 32.1 Å². The van der Waals surface area contributed by atoms with Gasteiger partial charge in [-0.2, -0.15) is 0 Å². The Bertz CT molecular complexity index is 928. The highest BCUT2D eigenvalue weighted by Gasteiger charge is 2.34. The lowest BCUT2D eigenvalue weighted by atomic mass is 9.98. The van der Waals surface area contributed by atoms with Gasteiger partial charge in [-0.3, -0.25) is 19.2 Å². The van der Waals surface area contributed by atoms with Crippen molar-refractivity contribution in [3.05, 3.63) is 11.8 Å². The Hall–Kier alpha value is -2.23. The minimum atomic E-state index is -2.13. The Kier molecular flexibility index (Phi) is 18.9. The molecule has 5 atom stereocenters. The van der Waals surface area contributed by atoms with Crippen molar-refractivity contribution in [2.45, 2.75) is 142 Å². The molecule has 0 saturated carbocycles. The predicted molar refractivity (Wildman–Crippen MR) is 176 cm³/mol. The van der Waals surface area contributed by atoms with E-state index in [1.807, 2.05) is 27.7 Å². The molecular formula is C30H60N4O7Si2. The van der Waals surface area contributed by atoms with Gasteiger partial charge in [0.05, 0.1) is 12.8 Å². The SMILES string of the molecule is CC(=CN)CC(C)NC(=O)C(CCC[Si](C)(C)O[Si](C)(C)CCCC(CC(=O)O)C(=O)NC(C)CCC(C)N)CC(=O)O. The maximum Gasteiger partial charge on any atom is 0.304 e. The largest absolute Gasteiger partial charge is 0.481 e. The Balaban J connectivity index is 4.99. The molecule has 0 aliphatic rings. The van der Waals surface area contributed by atoms with Crippen molar-refractivity contribution in [3.63, 3.8) is 0 Å². The second kappa shape index (κ2) is 19.9. The molecule has 5 unspecified atom stereocenters. The predicted octanol–water partition coefficient (Wildman–Crippen LogP) is 4.54. The average molecular weight is 645 g/mol. The molecule has 8 N–H and O–H groups in total. The summed E-state index contributed by atoms with van der Waals surface area (Å²) < 4.78 is 6.73. The van der Waals surface area contributed by atoms with Crippen LogP contribution in [0, 0.1) is 11.8 Å². The second-order valence-corrected chi connectivity index (χ2v) is 22.4. The summed E-state index contributed by atoms with van der Waals surface area (Å²) in [6, 6.07) is 1.42. The fraction of sp³-hybridized carbons (Fsp3) is 0.800. The lowest BCUT2D eigenvalue weighted by Crippen LogP contribution is -2.44. The van der Waals surface area contributed by atoms with E-state index >= 15 is 0 Å². The monoisotopic (exact) mass is 644 g/mol. The van der Waals surface area contributed by atoms with Crippen molar-refractivity contribution in [3.8, 4) is 0 Å². The van der Waals surface area contributed by atoms with Gasteiger partial charge >= 0.3 is 11.9 Å². The number of carboxylic acid groups (broad SMARTS) is 2. The molecule has 0 aromatic heterocycles. The summed E-state index contributed by atoms with van der Waals surface area (Å²) >= 11 is 0. The molecule has 0 radical (unpaired) electrons. The Morgan fingerprint density at radius 2 is 1.16 bits per heavy atom. The normalized spacial score (nSPS) is 16.1. The maximum absolute atomic E-state index is 12.8. The highest BCUT2D eigenvalue weighted by atomic mass is 28.4. The van der Waals surface area contributed by atoms with Crippen LogP contribution in [-0.2, 0) is 23.3 Å². The minimum Gasteiger partial charge on any atom is -0.481 e. The minimum absolute atomic E-state index is 0.0439. The van der Waals surface area contributed by atoms with Crippen LogP contribution in [0.25, 0.3) is 0 Å². The van der Waals surface area contributed by atoms with E-state index in [0.717, 1.165) is 30.5 Å². The van der Waals surface area contributed by atoms with Gasteiger partial charge in [-0.05, 0) is 104 Å². The fourth-order valence-corrected chi connectivity index (χ4v) is 14.3. The van der Waals surface area contributed by atoms with E-state index in [-0.39, 0.29) is 42.8 Å². The van der Waals surface area contributed by atoms with Gasteiger partial charge in [-0.1, -0.05) is 18.4 Å². The molecule has 13 heteroatoms. The van der Waals surface area contributed by atoms with Crippen molar-refractivity contribution < 1.29 is 33.5 Å². The number of carboxylic acids is 2. The zero-order chi connectivity index (χ0) is 33.4. The first-order valence-corrected chi connectivity index (χ1v) is 21.9. The quantitative estimate of drug-likeness (QED) is 0.0866. The van der Waals surface area contributed by atoms with Gasteiger partial charge in [-0.15, -0.1) is 0 Å². The van der Waals surface area contributed by atoms with Crippen LogP contribution < -0.4 is 22.1 Å². The molecule has 0 heterocycles. The number of aliphatic carboxylic acids is 2. The van der Waals surface area contributed by atoms with E-state index in [1.165, 1.54) is 6.20 Å². The summed E-state index contributed by atoms with van der Waals surface area (Å²) in [6.45, 7) is 16.2. The van der Waals surface area contributed by atoms with Gasteiger partial charge in [-0.25, -0.2) is 0 Å². The van der Waals surface area contributed by atoms with Crippen LogP contribution in [-0.4, -0.2) is 68.7 Å². The third-order valence-electron chi connectivity index (χ3n) is 7.54. The molecule has 0 saturated heterocycles. The summed E-state index contributed by atoms with van der Waals surface area (Å²) in [7, 11) is -4.25. The molecule has 43 heavy (non-hydrogen) atoms. The Labute approximate surface area is 261 Å². The van der Waals surface area contributed by atoms with Crippen molar-refractivity contribution in [2.75, 3.05) is 0 Å². The molecular weight excluding hydrogens is 585 g/mol. The highest BCUT2D eigenvalue weighted by molar-refractivity contribution is 6.84. The summed E-state index contributed by atoms with van der Waals surface area (Å²) in [6.07, 6.45) is 5.53. The van der Waals surface area contributed by atoms with Crippen LogP contribution in [0.2, 0.25) is 38.3 Å². The Morgan fingerprint density at radius 1 is 0.744 bits per heavy atom. The van der Waals surface area contributed by atoms with E-state index in [1.54, 1.807) is 0 Å². The number of amides is 2. The molecule has 11 nitrogen and oxygen atoms in total. The first-order valence-electron chi connectivity index (χ1n) is 15.6. The van der Waals surface area contributed by atoms with Crippen LogP contribution in [0.4, 0.5) is 0 Å². The molecule has 250 valence electrons. The van der Waals surface area contributed by atoms with E-state index < -0.39 is 40.4 Å². The molecule has 2 amide bonds. The van der Waals surface area contributed by atoms with Crippen molar-refractivity contribution in [2.24, 2.45) is 23.3 Å². The molecule has 0 aromatic carbocycles. The molecule has 0 spiro atoms. The van der Waals surface area contributed by atoms with E-state index in [2.05, 4.69) is 36.8 Å². The fourth-order valence-electron chi connectivity index (χ4n) is 5.38. The van der Waals surface area contributed by atoms with Gasteiger partial charge in [0, 0.05) is 30.0 Å². The number of carbonyl (C=O) groups is 4. The average Bonchev–Trinajstić information content (AvgIpc) is 2.84. The number of hydrogen-bond acceptors (Lipinski definition) is 7. The molecule has 0 fully saturated rings. The van der Waals surface area contributed by atoms with Crippen molar-refractivity contribution in [1.82, 2.24) is 10.6 Å². The smallest absolute Gasteiger partial charge is 0.304 e. The van der Waals surface area contributed by atoms with Crippen LogP contribution in [0.5, 0.6) is 0 Å². The van der Waals surface area contributed by atoms with Crippen LogP contribution in [0.1, 0.15) is 85.5 Å². The lowest BCUT2D eigenvalue weighted by Gasteiger charge is -2.34. The topological polar surface area (TPSA) is 194 Å². The molecule has 0 rings (SSSR count). The third-order valence-corrected chi connectivity index (χ3v) is 15.1. The maximum atomic E-state index is 12.8. The number of hydrogen-bond donors (Lipinski definition) is 6. The van der Waals surface area contributed by atoms with Crippen molar-refractivity contribution >= 4 is 40.4 Å². The zero-order valence-electron chi connectivity index (χ0n) is 27.8. The summed E-state index contributed by atoms with van der Waals surface area (Å²) in [4.78, 5) is 48.6. The zero-order valence-corrected chi connectivity index (χ0v) is 29.8. The first-order chi connectivity index (χ1) is 19.8. The van der Waals surface area contributed by atoms with Gasteiger partial charge in [0.15, 0.2) is 16.6 Å². The number of rotatable bonds is 23. The summed E-state index contributed by atoms with van der Waals surface area (Å²) in [5.41, 5.74) is 12.3. The summed E-state index contributed by atoms with van der Waals surface area (Å²) in [5.74, 6) is -3.68. The molecule has 0 aliphatic heterocycles. The van der Waals surface area contributed by atoms with Gasteiger partial charge < -0.3 is 36.4 Å². The van der Waals surface area contributed by atoms with Gasteiger partial charge in [0.25, 0.3) is 0 Å². The van der Waals surface area contributed by atoms with Crippen molar-refractivity contribution in [1.29, 1.82) is 0 Å². The van der Waals surface area contributed by atoms with Crippen LogP contribution in [0.15, 0.2) is 11.8 Å². The molecule has 0 bridgehead atoms. The molecule has 0 aliphatic carbocycles. The number of nitrogens with two attached hydrogens (primary N) is 2. The Morgan fingerprint density at radius 3 is 1.53 bits per heavy atom. The summed E-state index contributed by atoms with van der Waals surface area (Å²) in [5, 5.41) is 24.6.